The predicted octanol–water partition coefficient (Wildman–Crippen LogP) is 3.19. The van der Waals surface area contributed by atoms with Crippen molar-refractivity contribution >= 4 is 11.7 Å². The van der Waals surface area contributed by atoms with Gasteiger partial charge < -0.3 is 10.0 Å². The van der Waals surface area contributed by atoms with Gasteiger partial charge in [0.1, 0.15) is 0 Å². The van der Waals surface area contributed by atoms with Crippen LogP contribution in [0, 0.1) is 5.92 Å². The summed E-state index contributed by atoms with van der Waals surface area (Å²) in [5.41, 5.74) is 1.02. The summed E-state index contributed by atoms with van der Waals surface area (Å²) in [4.78, 5) is 30.6. The number of aromatic nitrogens is 1. The van der Waals surface area contributed by atoms with Crippen molar-refractivity contribution in [2.24, 2.45) is 5.92 Å². The van der Waals surface area contributed by atoms with Gasteiger partial charge >= 0.3 is 0 Å². The third-order valence-corrected chi connectivity index (χ3v) is 4.12. The van der Waals surface area contributed by atoms with Gasteiger partial charge in [0.05, 0.1) is 11.6 Å². The number of hydrogen-bond donors (Lipinski definition) is 1. The summed E-state index contributed by atoms with van der Waals surface area (Å²) < 4.78 is 0. The van der Waals surface area contributed by atoms with Crippen LogP contribution in [0.4, 0.5) is 0 Å². The minimum absolute atomic E-state index is 0.185. The second-order valence-electron chi connectivity index (χ2n) is 6.17. The molecule has 1 aliphatic rings. The van der Waals surface area contributed by atoms with Gasteiger partial charge in [0.2, 0.25) is 0 Å². The molecule has 0 spiro atoms. The molecule has 5 nitrogen and oxygen atoms in total. The van der Waals surface area contributed by atoms with Crippen LogP contribution in [0.3, 0.4) is 0 Å². The Labute approximate surface area is 137 Å². The van der Waals surface area contributed by atoms with E-state index < -0.39 is 17.7 Å². The van der Waals surface area contributed by atoms with Gasteiger partial charge in [-0.1, -0.05) is 33.6 Å². The van der Waals surface area contributed by atoms with E-state index in [1.807, 2.05) is 0 Å². The smallest absolute Gasteiger partial charge is 0.290 e. The zero-order valence-corrected chi connectivity index (χ0v) is 14.0. The molecule has 0 radical (unpaired) electrons. The van der Waals surface area contributed by atoms with Crippen LogP contribution in [0.15, 0.2) is 35.9 Å². The lowest BCUT2D eigenvalue weighted by Gasteiger charge is -2.27. The number of pyridine rings is 1. The van der Waals surface area contributed by atoms with Gasteiger partial charge in [0.25, 0.3) is 5.91 Å². The van der Waals surface area contributed by atoms with Crippen LogP contribution in [0.1, 0.15) is 51.6 Å². The van der Waals surface area contributed by atoms with E-state index in [1.54, 1.807) is 43.3 Å². The van der Waals surface area contributed by atoms with Crippen LogP contribution in [-0.2, 0) is 9.59 Å². The standard InChI is InChI=1S/C18H24N2O3/c1-4-5-6-11-20-15(13-7-9-19-10-8-13)14(16(21)12(2)3)17(22)18(20)23/h7-10,12,15,22H,4-6,11H2,1-3H3. The number of nitrogens with zero attached hydrogens (tertiary/aromatic N) is 2. The Morgan fingerprint density at radius 1 is 1.30 bits per heavy atom. The molecule has 1 atom stereocenters. The van der Waals surface area contributed by atoms with Gasteiger partial charge in [-0.25, -0.2) is 0 Å². The molecule has 1 aromatic heterocycles. The first-order valence-corrected chi connectivity index (χ1v) is 8.17. The van der Waals surface area contributed by atoms with Crippen LogP contribution >= 0.6 is 0 Å². The van der Waals surface area contributed by atoms with Crippen LogP contribution in [0.5, 0.6) is 0 Å². The second-order valence-corrected chi connectivity index (χ2v) is 6.17. The molecule has 2 rings (SSSR count). The largest absolute Gasteiger partial charge is 0.503 e. The van der Waals surface area contributed by atoms with Crippen molar-refractivity contribution in [2.75, 3.05) is 6.54 Å². The minimum atomic E-state index is -0.516. The highest BCUT2D eigenvalue weighted by atomic mass is 16.3. The zero-order valence-electron chi connectivity index (χ0n) is 14.0. The van der Waals surface area contributed by atoms with Crippen molar-refractivity contribution in [3.05, 3.63) is 41.4 Å². The van der Waals surface area contributed by atoms with Crippen molar-refractivity contribution in [1.82, 2.24) is 9.88 Å². The van der Waals surface area contributed by atoms with E-state index in [9.17, 15) is 14.7 Å². The molecule has 23 heavy (non-hydrogen) atoms. The maximum absolute atomic E-state index is 12.5. The van der Waals surface area contributed by atoms with E-state index in [0.717, 1.165) is 24.8 Å². The fourth-order valence-corrected chi connectivity index (χ4v) is 2.87. The van der Waals surface area contributed by atoms with Crippen LogP contribution in [0.2, 0.25) is 0 Å². The Morgan fingerprint density at radius 2 is 1.96 bits per heavy atom. The van der Waals surface area contributed by atoms with Crippen molar-refractivity contribution in [2.45, 2.75) is 46.1 Å². The normalized spacial score (nSPS) is 18.2. The van der Waals surface area contributed by atoms with Gasteiger partial charge in [0.15, 0.2) is 11.5 Å². The average molecular weight is 316 g/mol. The Morgan fingerprint density at radius 3 is 2.52 bits per heavy atom. The molecule has 0 saturated heterocycles. The first-order valence-electron chi connectivity index (χ1n) is 8.17. The Kier molecular flexibility index (Phi) is 5.53. The lowest BCUT2D eigenvalue weighted by molar-refractivity contribution is -0.129. The number of unbranched alkanes of at least 4 members (excludes halogenated alkanes) is 2. The highest BCUT2D eigenvalue weighted by molar-refractivity contribution is 6.09. The number of hydrogen-bond acceptors (Lipinski definition) is 4. The highest BCUT2D eigenvalue weighted by Crippen LogP contribution is 2.38. The molecule has 1 aromatic rings. The summed E-state index contributed by atoms with van der Waals surface area (Å²) in [5.74, 6) is -1.32. The van der Waals surface area contributed by atoms with Crippen LogP contribution < -0.4 is 0 Å². The predicted molar refractivity (Wildman–Crippen MR) is 87.7 cm³/mol. The van der Waals surface area contributed by atoms with Crippen LogP contribution in [0.25, 0.3) is 0 Å². The molecular weight excluding hydrogens is 292 g/mol. The van der Waals surface area contributed by atoms with E-state index in [0.29, 0.717) is 6.54 Å². The fraction of sp³-hybridized carbons (Fsp3) is 0.500. The molecule has 2 heterocycles. The first-order chi connectivity index (χ1) is 11.0. The third-order valence-electron chi connectivity index (χ3n) is 4.12. The molecule has 0 bridgehead atoms. The Hall–Kier alpha value is -2.17. The van der Waals surface area contributed by atoms with Crippen LogP contribution in [-0.4, -0.2) is 33.2 Å². The van der Waals surface area contributed by atoms with Crippen molar-refractivity contribution in [3.63, 3.8) is 0 Å². The molecule has 0 saturated carbocycles. The van der Waals surface area contributed by atoms with Gasteiger partial charge in [-0.05, 0) is 24.1 Å². The fourth-order valence-electron chi connectivity index (χ4n) is 2.87. The number of amides is 1. The number of carbonyl (C=O) groups excluding carboxylic acids is 2. The quantitative estimate of drug-likeness (QED) is 0.784. The van der Waals surface area contributed by atoms with E-state index >= 15 is 0 Å². The SMILES string of the molecule is CCCCCN1C(=O)C(O)=C(C(=O)C(C)C)C1c1ccncc1. The number of ketones is 1. The van der Waals surface area contributed by atoms with E-state index in [2.05, 4.69) is 11.9 Å². The van der Waals surface area contributed by atoms with Gasteiger partial charge in [0, 0.05) is 24.9 Å². The molecular formula is C18H24N2O3. The number of carbonyl (C=O) groups is 2. The Balaban J connectivity index is 2.42. The molecule has 124 valence electrons. The minimum Gasteiger partial charge on any atom is -0.503 e. The molecule has 0 aromatic carbocycles. The molecule has 1 unspecified atom stereocenters. The average Bonchev–Trinajstić information content (AvgIpc) is 2.80. The molecule has 5 heteroatoms. The summed E-state index contributed by atoms with van der Waals surface area (Å²) in [7, 11) is 0. The highest BCUT2D eigenvalue weighted by Gasteiger charge is 2.43. The van der Waals surface area contributed by atoms with E-state index in [1.165, 1.54) is 0 Å². The van der Waals surface area contributed by atoms with Crippen molar-refractivity contribution in [3.8, 4) is 0 Å². The number of aliphatic hydroxyl groups excluding tert-OH is 1. The maximum Gasteiger partial charge on any atom is 0.290 e. The summed E-state index contributed by atoms with van der Waals surface area (Å²) in [5, 5.41) is 10.3. The molecule has 1 amide bonds. The monoisotopic (exact) mass is 316 g/mol. The third kappa shape index (κ3) is 3.44. The zero-order chi connectivity index (χ0) is 17.0. The summed E-state index contributed by atoms with van der Waals surface area (Å²) in [6.07, 6.45) is 6.16. The summed E-state index contributed by atoms with van der Waals surface area (Å²) in [6, 6.07) is 3.06. The topological polar surface area (TPSA) is 70.5 Å². The number of Topliss-reactive ketones (excluding diaryl/α,β-unsaturated/α-hetero) is 1. The summed E-state index contributed by atoms with van der Waals surface area (Å²) >= 11 is 0. The second kappa shape index (κ2) is 7.40. The first kappa shape index (κ1) is 17.2. The van der Waals surface area contributed by atoms with E-state index in [4.69, 9.17) is 0 Å². The van der Waals surface area contributed by atoms with Gasteiger partial charge in [-0.15, -0.1) is 0 Å². The van der Waals surface area contributed by atoms with E-state index in [-0.39, 0.29) is 17.3 Å². The lowest BCUT2D eigenvalue weighted by atomic mass is 9.91. The number of aliphatic hydroxyl groups is 1. The maximum atomic E-state index is 12.5. The lowest BCUT2D eigenvalue weighted by Crippen LogP contribution is -2.32. The van der Waals surface area contributed by atoms with Gasteiger partial charge in [-0.3, -0.25) is 14.6 Å². The van der Waals surface area contributed by atoms with Gasteiger partial charge in [-0.2, -0.15) is 0 Å². The molecule has 1 N–H and O–H groups in total. The molecule has 0 aliphatic carbocycles. The summed E-state index contributed by atoms with van der Waals surface area (Å²) in [6.45, 7) is 6.17. The number of rotatable bonds is 7. The Bertz CT molecular complexity index is 608. The van der Waals surface area contributed by atoms with Crippen molar-refractivity contribution < 1.29 is 14.7 Å². The van der Waals surface area contributed by atoms with Crippen molar-refractivity contribution in [1.29, 1.82) is 0 Å². The molecule has 1 aliphatic heterocycles. The molecule has 0 fully saturated rings.